The Bertz CT molecular complexity index is 555. The van der Waals surface area contributed by atoms with Gasteiger partial charge in [-0.2, -0.15) is 0 Å². The van der Waals surface area contributed by atoms with Gasteiger partial charge in [0, 0.05) is 18.7 Å². The van der Waals surface area contributed by atoms with E-state index in [4.69, 9.17) is 4.74 Å². The van der Waals surface area contributed by atoms with Gasteiger partial charge in [0.1, 0.15) is 10.4 Å². The summed E-state index contributed by atoms with van der Waals surface area (Å²) < 4.78 is 6.28. The number of hydrogen-bond donors (Lipinski definition) is 1. The Morgan fingerprint density at radius 2 is 1.94 bits per heavy atom. The van der Waals surface area contributed by atoms with E-state index in [1.165, 1.54) is 6.92 Å². The lowest BCUT2D eigenvalue weighted by Gasteiger charge is -2.06. The van der Waals surface area contributed by atoms with Gasteiger partial charge in [-0.15, -0.1) is 0 Å². The molecule has 0 aliphatic heterocycles. The number of nitrogens with one attached hydrogen (secondary N) is 1. The molecule has 0 spiro atoms. The number of ether oxygens (including phenoxy) is 1. The van der Waals surface area contributed by atoms with Gasteiger partial charge >= 0.3 is 0 Å². The molecule has 0 saturated carbocycles. The molecular weight excluding hydrogens is 296 g/mol. The molecule has 4 nitrogen and oxygen atoms in total. The highest BCUT2D eigenvalue weighted by Gasteiger charge is 2.00. The molecule has 1 N–H and O–H groups in total. The Hall–Kier alpha value is -1.88. The van der Waals surface area contributed by atoms with E-state index in [1.54, 1.807) is 30.3 Å². The van der Waals surface area contributed by atoms with Crippen LogP contribution < -0.4 is 10.1 Å². The largest absolute Gasteiger partial charge is 0.439 e. The lowest BCUT2D eigenvalue weighted by molar-refractivity contribution is -0.114. The normalized spacial score (nSPS) is 9.89. The molecule has 0 radical (unpaired) electrons. The Morgan fingerprint density at radius 3 is 2.56 bits per heavy atom. The lowest BCUT2D eigenvalue weighted by Crippen LogP contribution is -2.05. The van der Waals surface area contributed by atoms with Crippen molar-refractivity contribution in [2.45, 2.75) is 6.92 Å². The van der Waals surface area contributed by atoms with E-state index < -0.39 is 0 Å². The highest BCUT2D eigenvalue weighted by atomic mass is 79.9. The summed E-state index contributed by atoms with van der Waals surface area (Å²) in [5.41, 5.74) is 0.733. The number of rotatable bonds is 3. The van der Waals surface area contributed by atoms with E-state index in [-0.39, 0.29) is 5.91 Å². The van der Waals surface area contributed by atoms with Crippen molar-refractivity contribution in [3.63, 3.8) is 0 Å². The summed E-state index contributed by atoms with van der Waals surface area (Å²) in [4.78, 5) is 15.0. The first kappa shape index (κ1) is 12.6. The van der Waals surface area contributed by atoms with Crippen LogP contribution in [0.3, 0.4) is 0 Å². The van der Waals surface area contributed by atoms with E-state index in [1.807, 2.05) is 12.1 Å². The lowest BCUT2D eigenvalue weighted by atomic mass is 10.3. The van der Waals surface area contributed by atoms with Crippen LogP contribution in [0.25, 0.3) is 0 Å². The van der Waals surface area contributed by atoms with Crippen molar-refractivity contribution in [1.82, 2.24) is 4.98 Å². The summed E-state index contributed by atoms with van der Waals surface area (Å²) in [5, 5.41) is 2.69. The number of amides is 1. The van der Waals surface area contributed by atoms with Gasteiger partial charge in [0.25, 0.3) is 0 Å². The summed E-state index contributed by atoms with van der Waals surface area (Å²) in [7, 11) is 0. The second kappa shape index (κ2) is 5.64. The zero-order chi connectivity index (χ0) is 13.0. The molecule has 1 aromatic heterocycles. The number of halogens is 1. The maximum atomic E-state index is 10.9. The Balaban J connectivity index is 2.08. The van der Waals surface area contributed by atoms with Crippen LogP contribution in [0, 0.1) is 0 Å². The van der Waals surface area contributed by atoms with Gasteiger partial charge in [-0.25, -0.2) is 4.98 Å². The molecule has 2 aromatic rings. The summed E-state index contributed by atoms with van der Waals surface area (Å²) >= 11 is 3.28. The number of aromatic nitrogens is 1. The van der Waals surface area contributed by atoms with Crippen LogP contribution in [0.2, 0.25) is 0 Å². The van der Waals surface area contributed by atoms with Crippen molar-refractivity contribution in [2.24, 2.45) is 0 Å². The minimum atomic E-state index is -0.0997. The Labute approximate surface area is 113 Å². The molecule has 1 heterocycles. The van der Waals surface area contributed by atoms with Gasteiger partial charge in [-0.05, 0) is 46.3 Å². The average Bonchev–Trinajstić information content (AvgIpc) is 2.31. The molecule has 92 valence electrons. The SMILES string of the molecule is CC(=O)Nc1ccc(Oc2cccc(Br)n2)cc1. The molecular formula is C13H11BrN2O2. The van der Waals surface area contributed by atoms with Crippen LogP contribution in [0.5, 0.6) is 11.6 Å². The van der Waals surface area contributed by atoms with Crippen LogP contribution >= 0.6 is 15.9 Å². The standard InChI is InChI=1S/C13H11BrN2O2/c1-9(17)15-10-5-7-11(8-6-10)18-13-4-2-3-12(14)16-13/h2-8H,1H3,(H,15,17). The first-order chi connectivity index (χ1) is 8.63. The number of carbonyl (C=O) groups excluding carboxylic acids is 1. The number of carbonyl (C=O) groups is 1. The van der Waals surface area contributed by atoms with Crippen molar-refractivity contribution in [3.05, 3.63) is 47.1 Å². The van der Waals surface area contributed by atoms with Crippen molar-refractivity contribution in [3.8, 4) is 11.6 Å². The fourth-order valence-electron chi connectivity index (χ4n) is 1.38. The predicted octanol–water partition coefficient (Wildman–Crippen LogP) is 3.59. The summed E-state index contributed by atoms with van der Waals surface area (Å²) in [5.74, 6) is 1.07. The highest BCUT2D eigenvalue weighted by Crippen LogP contribution is 2.22. The van der Waals surface area contributed by atoms with Crippen molar-refractivity contribution in [2.75, 3.05) is 5.32 Å². The molecule has 5 heteroatoms. The van der Waals surface area contributed by atoms with Gasteiger partial charge in [0.2, 0.25) is 11.8 Å². The molecule has 0 atom stereocenters. The molecule has 0 aliphatic rings. The molecule has 18 heavy (non-hydrogen) atoms. The number of benzene rings is 1. The van der Waals surface area contributed by atoms with Gasteiger partial charge in [-0.1, -0.05) is 6.07 Å². The Kier molecular flexibility index (Phi) is 3.94. The van der Waals surface area contributed by atoms with Gasteiger partial charge in [-0.3, -0.25) is 4.79 Å². The molecule has 0 unspecified atom stereocenters. The third-order valence-electron chi connectivity index (χ3n) is 2.09. The molecule has 0 bridgehead atoms. The number of pyridine rings is 1. The number of hydrogen-bond acceptors (Lipinski definition) is 3. The monoisotopic (exact) mass is 306 g/mol. The molecule has 2 rings (SSSR count). The van der Waals surface area contributed by atoms with E-state index in [0.29, 0.717) is 11.6 Å². The third kappa shape index (κ3) is 3.56. The van der Waals surface area contributed by atoms with E-state index >= 15 is 0 Å². The summed E-state index contributed by atoms with van der Waals surface area (Å²) in [6.45, 7) is 1.47. The zero-order valence-corrected chi connectivity index (χ0v) is 11.3. The minimum absolute atomic E-state index is 0.0997. The highest BCUT2D eigenvalue weighted by molar-refractivity contribution is 9.10. The van der Waals surface area contributed by atoms with Crippen molar-refractivity contribution in [1.29, 1.82) is 0 Å². The quantitative estimate of drug-likeness (QED) is 0.882. The molecule has 1 amide bonds. The maximum absolute atomic E-state index is 10.9. The smallest absolute Gasteiger partial charge is 0.221 e. The van der Waals surface area contributed by atoms with Crippen LogP contribution in [0.4, 0.5) is 5.69 Å². The third-order valence-corrected chi connectivity index (χ3v) is 2.53. The molecule has 0 fully saturated rings. The number of nitrogens with zero attached hydrogens (tertiary/aromatic N) is 1. The Morgan fingerprint density at radius 1 is 1.22 bits per heavy atom. The predicted molar refractivity (Wildman–Crippen MR) is 72.8 cm³/mol. The second-order valence-corrected chi connectivity index (χ2v) is 4.42. The second-order valence-electron chi connectivity index (χ2n) is 3.61. The van der Waals surface area contributed by atoms with Crippen molar-refractivity contribution >= 4 is 27.5 Å². The van der Waals surface area contributed by atoms with Gasteiger partial charge in [0.15, 0.2) is 0 Å². The molecule has 0 aliphatic carbocycles. The summed E-state index contributed by atoms with van der Waals surface area (Å²) in [6.07, 6.45) is 0. The average molecular weight is 307 g/mol. The van der Waals surface area contributed by atoms with Gasteiger partial charge in [0.05, 0.1) is 0 Å². The van der Waals surface area contributed by atoms with Crippen LogP contribution in [-0.2, 0) is 4.79 Å². The van der Waals surface area contributed by atoms with E-state index in [0.717, 1.165) is 10.3 Å². The first-order valence-corrected chi connectivity index (χ1v) is 6.11. The van der Waals surface area contributed by atoms with Gasteiger partial charge < -0.3 is 10.1 Å². The van der Waals surface area contributed by atoms with Crippen LogP contribution in [0.1, 0.15) is 6.92 Å². The molecule has 1 aromatic carbocycles. The minimum Gasteiger partial charge on any atom is -0.439 e. The number of anilines is 1. The van der Waals surface area contributed by atoms with Crippen LogP contribution in [-0.4, -0.2) is 10.9 Å². The first-order valence-electron chi connectivity index (χ1n) is 5.31. The van der Waals surface area contributed by atoms with Crippen molar-refractivity contribution < 1.29 is 9.53 Å². The molecule has 0 saturated heterocycles. The fourth-order valence-corrected chi connectivity index (χ4v) is 1.70. The van der Waals surface area contributed by atoms with E-state index in [9.17, 15) is 4.79 Å². The fraction of sp³-hybridized carbons (Fsp3) is 0.0769. The summed E-state index contributed by atoms with van der Waals surface area (Å²) in [6, 6.07) is 12.5. The maximum Gasteiger partial charge on any atom is 0.221 e. The topological polar surface area (TPSA) is 51.2 Å². The van der Waals surface area contributed by atoms with E-state index in [2.05, 4.69) is 26.2 Å². The van der Waals surface area contributed by atoms with Crippen LogP contribution in [0.15, 0.2) is 47.1 Å². The zero-order valence-electron chi connectivity index (χ0n) is 9.68.